The second-order valence-corrected chi connectivity index (χ2v) is 7.70. The fraction of sp³-hybridized carbons (Fsp3) is 0.438. The summed E-state index contributed by atoms with van der Waals surface area (Å²) in [6.07, 6.45) is 6.32. The largest absolute Gasteiger partial charge is 0.335 e. The van der Waals surface area contributed by atoms with E-state index in [1.165, 1.54) is 11.0 Å². The number of hydrogen-bond donors (Lipinski definition) is 2. The highest BCUT2D eigenvalue weighted by Gasteiger charge is 2.24. The lowest BCUT2D eigenvalue weighted by Gasteiger charge is -2.22. The minimum Gasteiger partial charge on any atom is -0.335 e. The Morgan fingerprint density at radius 3 is 2.60 bits per heavy atom. The lowest BCUT2D eigenvalue weighted by atomic mass is 9.96. The van der Waals surface area contributed by atoms with Crippen LogP contribution in [0, 0.1) is 0 Å². The van der Waals surface area contributed by atoms with Crippen molar-refractivity contribution in [2.24, 2.45) is 0 Å². The minimum atomic E-state index is -4.09. The Balaban J connectivity index is 1.61. The summed E-state index contributed by atoms with van der Waals surface area (Å²) < 4.78 is 27.9. The molecule has 0 bridgehead atoms. The first-order valence-electron chi connectivity index (χ1n) is 8.29. The molecule has 1 fully saturated rings. The van der Waals surface area contributed by atoms with Gasteiger partial charge in [-0.3, -0.25) is 0 Å². The summed E-state index contributed by atoms with van der Waals surface area (Å²) in [6.45, 7) is 0.400. The molecule has 0 spiro atoms. The number of sulfonamides is 1. The number of benzene rings is 1. The van der Waals surface area contributed by atoms with E-state index < -0.39 is 21.2 Å². The summed E-state index contributed by atoms with van der Waals surface area (Å²) in [5, 5.41) is 6.24. The average Bonchev–Trinajstić information content (AvgIpc) is 3.05. The minimum absolute atomic E-state index is 0.0209. The molecule has 0 aliphatic heterocycles. The number of carbonyl (C=O) groups is 1. The van der Waals surface area contributed by atoms with Gasteiger partial charge in [0.1, 0.15) is 6.33 Å². The van der Waals surface area contributed by atoms with E-state index in [2.05, 4.69) is 15.4 Å². The average molecular weight is 363 g/mol. The van der Waals surface area contributed by atoms with E-state index >= 15 is 0 Å². The summed E-state index contributed by atoms with van der Waals surface area (Å²) in [6, 6.07) is 8.79. The molecule has 0 atom stereocenters. The van der Waals surface area contributed by atoms with Crippen molar-refractivity contribution < 1.29 is 13.2 Å². The first-order chi connectivity index (χ1) is 12.0. The molecule has 1 aliphatic carbocycles. The number of nitrogens with one attached hydrogen (secondary N) is 2. The summed E-state index contributed by atoms with van der Waals surface area (Å²) in [7, 11) is -4.09. The Kier molecular flexibility index (Phi) is 5.32. The third kappa shape index (κ3) is 4.79. The molecule has 8 nitrogen and oxygen atoms in total. The maximum atomic E-state index is 12.2. The van der Waals surface area contributed by atoms with Crippen molar-refractivity contribution in [1.29, 1.82) is 0 Å². The Hall–Kier alpha value is -2.42. The van der Waals surface area contributed by atoms with Gasteiger partial charge in [-0.2, -0.15) is 8.42 Å². The van der Waals surface area contributed by atoms with Crippen LogP contribution in [-0.4, -0.2) is 35.3 Å². The standard InChI is InChI=1S/C16H21N5O3S/c22-15(18-14-9-5-2-6-10-14)20-25(23,24)16-17-12-21(19-16)11-13-7-3-1-4-8-13/h1,3-4,7-8,12,14H,2,5-6,9-11H2,(H2,18,20,22). The van der Waals surface area contributed by atoms with Crippen LogP contribution >= 0.6 is 0 Å². The van der Waals surface area contributed by atoms with E-state index in [-0.39, 0.29) is 6.04 Å². The van der Waals surface area contributed by atoms with Gasteiger partial charge < -0.3 is 5.32 Å². The van der Waals surface area contributed by atoms with Gasteiger partial charge in [0, 0.05) is 6.04 Å². The predicted octanol–water partition coefficient (Wildman–Crippen LogP) is 1.65. The highest BCUT2D eigenvalue weighted by molar-refractivity contribution is 7.89. The third-order valence-corrected chi connectivity index (χ3v) is 5.23. The number of urea groups is 1. The van der Waals surface area contributed by atoms with Crippen molar-refractivity contribution in [2.75, 3.05) is 0 Å². The van der Waals surface area contributed by atoms with Gasteiger partial charge >= 0.3 is 16.1 Å². The molecule has 1 saturated carbocycles. The molecule has 2 aromatic rings. The van der Waals surface area contributed by atoms with Crippen LogP contribution < -0.4 is 10.0 Å². The van der Waals surface area contributed by atoms with Gasteiger partial charge in [-0.1, -0.05) is 49.6 Å². The molecule has 2 amide bonds. The molecule has 3 rings (SSSR count). The number of aromatic nitrogens is 3. The number of nitrogens with zero attached hydrogens (tertiary/aromatic N) is 3. The zero-order chi connectivity index (χ0) is 17.7. The summed E-state index contributed by atoms with van der Waals surface area (Å²) >= 11 is 0. The first-order valence-corrected chi connectivity index (χ1v) is 9.78. The predicted molar refractivity (Wildman–Crippen MR) is 91.3 cm³/mol. The zero-order valence-corrected chi connectivity index (χ0v) is 14.6. The van der Waals surface area contributed by atoms with Gasteiger partial charge in [0.15, 0.2) is 0 Å². The van der Waals surface area contributed by atoms with Gasteiger partial charge in [-0.15, -0.1) is 5.10 Å². The third-order valence-electron chi connectivity index (χ3n) is 4.11. The van der Waals surface area contributed by atoms with E-state index in [0.29, 0.717) is 6.54 Å². The molecule has 1 aromatic heterocycles. The smallest absolute Gasteiger partial charge is 0.329 e. The molecule has 134 valence electrons. The molecule has 0 unspecified atom stereocenters. The normalized spacial score (nSPS) is 15.7. The fourth-order valence-electron chi connectivity index (χ4n) is 2.88. The van der Waals surface area contributed by atoms with E-state index in [1.807, 2.05) is 35.1 Å². The molecule has 9 heteroatoms. The molecule has 1 heterocycles. The van der Waals surface area contributed by atoms with Crippen molar-refractivity contribution in [3.63, 3.8) is 0 Å². The SMILES string of the molecule is O=C(NC1CCCCC1)NS(=O)(=O)c1ncn(Cc2ccccc2)n1. The summed E-state index contributed by atoms with van der Waals surface area (Å²) in [4.78, 5) is 15.7. The summed E-state index contributed by atoms with van der Waals surface area (Å²) in [5.74, 6) is 0. The van der Waals surface area contributed by atoms with Crippen LogP contribution in [-0.2, 0) is 16.6 Å². The van der Waals surface area contributed by atoms with Crippen LogP contribution in [0.5, 0.6) is 0 Å². The van der Waals surface area contributed by atoms with Gasteiger partial charge in [0.05, 0.1) is 6.54 Å². The van der Waals surface area contributed by atoms with Crippen LogP contribution in [0.3, 0.4) is 0 Å². The van der Waals surface area contributed by atoms with E-state index in [1.54, 1.807) is 0 Å². The number of hydrogen-bond acceptors (Lipinski definition) is 5. The van der Waals surface area contributed by atoms with Crippen LogP contribution in [0.15, 0.2) is 41.8 Å². The quantitative estimate of drug-likeness (QED) is 0.840. The van der Waals surface area contributed by atoms with Gasteiger partial charge in [0.25, 0.3) is 5.16 Å². The molecule has 0 saturated heterocycles. The van der Waals surface area contributed by atoms with E-state index in [0.717, 1.165) is 37.7 Å². The van der Waals surface area contributed by atoms with Crippen molar-refractivity contribution in [2.45, 2.75) is 49.8 Å². The Bertz CT molecular complexity index is 813. The highest BCUT2D eigenvalue weighted by Crippen LogP contribution is 2.17. The first kappa shape index (κ1) is 17.4. The topological polar surface area (TPSA) is 106 Å². The van der Waals surface area contributed by atoms with Crippen LogP contribution in [0.1, 0.15) is 37.7 Å². The van der Waals surface area contributed by atoms with E-state index in [9.17, 15) is 13.2 Å². The Morgan fingerprint density at radius 1 is 1.16 bits per heavy atom. The van der Waals surface area contributed by atoms with Gasteiger partial charge in [-0.05, 0) is 18.4 Å². The lowest BCUT2D eigenvalue weighted by Crippen LogP contribution is -2.45. The molecular weight excluding hydrogens is 342 g/mol. The van der Waals surface area contributed by atoms with Gasteiger partial charge in [0.2, 0.25) is 0 Å². The van der Waals surface area contributed by atoms with Crippen molar-refractivity contribution in [1.82, 2.24) is 24.8 Å². The molecule has 0 radical (unpaired) electrons. The zero-order valence-electron chi connectivity index (χ0n) is 13.8. The second kappa shape index (κ2) is 7.64. The Labute approximate surface area is 146 Å². The lowest BCUT2D eigenvalue weighted by molar-refractivity contribution is 0.237. The van der Waals surface area contributed by atoms with Crippen LogP contribution in [0.2, 0.25) is 0 Å². The van der Waals surface area contributed by atoms with Crippen molar-refractivity contribution in [3.8, 4) is 0 Å². The molecule has 2 N–H and O–H groups in total. The summed E-state index contributed by atoms with van der Waals surface area (Å²) in [5.41, 5.74) is 0.972. The Morgan fingerprint density at radius 2 is 1.88 bits per heavy atom. The maximum absolute atomic E-state index is 12.2. The van der Waals surface area contributed by atoms with Crippen LogP contribution in [0.4, 0.5) is 4.79 Å². The van der Waals surface area contributed by atoms with Gasteiger partial charge in [-0.25, -0.2) is 19.2 Å². The monoisotopic (exact) mass is 363 g/mol. The second-order valence-electron chi connectivity index (χ2n) is 6.12. The molecular formula is C16H21N5O3S. The number of carbonyl (C=O) groups excluding carboxylic acids is 1. The number of amides is 2. The van der Waals surface area contributed by atoms with Crippen LogP contribution in [0.25, 0.3) is 0 Å². The highest BCUT2D eigenvalue weighted by atomic mass is 32.2. The molecule has 1 aromatic carbocycles. The van der Waals surface area contributed by atoms with Crippen molar-refractivity contribution >= 4 is 16.1 Å². The molecule has 25 heavy (non-hydrogen) atoms. The van der Waals surface area contributed by atoms with E-state index in [4.69, 9.17) is 0 Å². The van der Waals surface area contributed by atoms with Crippen molar-refractivity contribution in [3.05, 3.63) is 42.2 Å². The maximum Gasteiger partial charge on any atom is 0.329 e. The fourth-order valence-corrected chi connectivity index (χ4v) is 3.67. The molecule has 1 aliphatic rings. The number of rotatable bonds is 5.